The van der Waals surface area contributed by atoms with Crippen molar-refractivity contribution in [1.82, 2.24) is 20.4 Å². The summed E-state index contributed by atoms with van der Waals surface area (Å²) in [5, 5.41) is 11.3. The number of rotatable bonds is 11. The summed E-state index contributed by atoms with van der Waals surface area (Å²) in [6.07, 6.45) is 5.72. The number of carbonyl (C=O) groups is 2. The molecular weight excluding hydrogens is 412 g/mol. The fraction of sp³-hybridized carbons (Fsp3) is 0.800. The van der Waals surface area contributed by atoms with E-state index in [1.807, 2.05) is 13.8 Å². The summed E-state index contributed by atoms with van der Waals surface area (Å²) in [5.74, 6) is 0.773. The number of thioether (sulfide) groups is 1. The van der Waals surface area contributed by atoms with E-state index in [9.17, 15) is 9.59 Å². The lowest BCUT2D eigenvalue weighted by Gasteiger charge is -2.24. The van der Waals surface area contributed by atoms with Gasteiger partial charge in [0.25, 0.3) is 11.1 Å². The van der Waals surface area contributed by atoms with Crippen molar-refractivity contribution in [2.75, 3.05) is 25.9 Å². The van der Waals surface area contributed by atoms with E-state index in [1.54, 1.807) is 0 Å². The molecule has 0 bridgehead atoms. The second-order valence-corrected chi connectivity index (χ2v) is 9.05. The van der Waals surface area contributed by atoms with Crippen LogP contribution in [0.4, 0.5) is 0 Å². The monoisotopic (exact) mass is 446 g/mol. The lowest BCUT2D eigenvalue weighted by Crippen LogP contribution is -2.45. The van der Waals surface area contributed by atoms with Gasteiger partial charge in [-0.15, -0.1) is 22.6 Å². The van der Waals surface area contributed by atoms with Crippen molar-refractivity contribution in [3.8, 4) is 0 Å². The maximum atomic E-state index is 12.9. The number of ketones is 1. The molecule has 29 heavy (non-hydrogen) atoms. The van der Waals surface area contributed by atoms with Gasteiger partial charge in [0.2, 0.25) is 11.7 Å². The molecule has 1 aromatic heterocycles. The van der Waals surface area contributed by atoms with Crippen LogP contribution in [0.25, 0.3) is 0 Å². The van der Waals surface area contributed by atoms with Crippen molar-refractivity contribution < 1.29 is 14.0 Å². The van der Waals surface area contributed by atoms with Gasteiger partial charge < -0.3 is 14.6 Å². The zero-order valence-electron chi connectivity index (χ0n) is 18.0. The van der Waals surface area contributed by atoms with Crippen LogP contribution in [0, 0.1) is 11.8 Å². The van der Waals surface area contributed by atoms with E-state index in [0.717, 1.165) is 44.5 Å². The SMILES string of the molecule is CCN(C)CCSc1nnc(C(=O)C(CC(C)C)NC(=O)C2CCCCC2)o1.Cl. The van der Waals surface area contributed by atoms with Gasteiger partial charge in [0, 0.05) is 18.2 Å². The van der Waals surface area contributed by atoms with Gasteiger partial charge in [-0.1, -0.05) is 51.8 Å². The maximum absolute atomic E-state index is 12.9. The minimum absolute atomic E-state index is 0. The van der Waals surface area contributed by atoms with Crippen LogP contribution in [0.1, 0.15) is 70.0 Å². The Kier molecular flexibility index (Phi) is 11.8. The molecule has 7 nitrogen and oxygen atoms in total. The molecular formula is C20H35ClN4O3S. The number of nitrogens with one attached hydrogen (secondary N) is 1. The predicted octanol–water partition coefficient (Wildman–Crippen LogP) is 3.83. The van der Waals surface area contributed by atoms with Gasteiger partial charge in [-0.2, -0.15) is 0 Å². The Morgan fingerprint density at radius 2 is 1.93 bits per heavy atom. The largest absolute Gasteiger partial charge is 0.408 e. The van der Waals surface area contributed by atoms with Crippen molar-refractivity contribution >= 4 is 35.9 Å². The van der Waals surface area contributed by atoms with Crippen LogP contribution in [0.15, 0.2) is 9.64 Å². The van der Waals surface area contributed by atoms with Gasteiger partial charge in [0.1, 0.15) is 0 Å². The fourth-order valence-electron chi connectivity index (χ4n) is 3.32. The first-order chi connectivity index (χ1) is 13.4. The minimum Gasteiger partial charge on any atom is -0.408 e. The van der Waals surface area contributed by atoms with E-state index in [2.05, 4.69) is 34.4 Å². The van der Waals surface area contributed by atoms with Gasteiger partial charge >= 0.3 is 0 Å². The summed E-state index contributed by atoms with van der Waals surface area (Å²) in [6.45, 7) is 8.05. The van der Waals surface area contributed by atoms with Gasteiger partial charge in [-0.3, -0.25) is 9.59 Å². The third-order valence-electron chi connectivity index (χ3n) is 5.17. The van der Waals surface area contributed by atoms with Crippen molar-refractivity contribution in [1.29, 1.82) is 0 Å². The molecule has 1 N–H and O–H groups in total. The van der Waals surface area contributed by atoms with Crippen LogP contribution in [-0.2, 0) is 4.79 Å². The van der Waals surface area contributed by atoms with Crippen molar-refractivity contribution in [3.05, 3.63) is 5.89 Å². The summed E-state index contributed by atoms with van der Waals surface area (Å²) in [6, 6.07) is -0.612. The Hall–Kier alpha value is -1.12. The highest BCUT2D eigenvalue weighted by atomic mass is 35.5. The summed E-state index contributed by atoms with van der Waals surface area (Å²) >= 11 is 1.44. The summed E-state index contributed by atoms with van der Waals surface area (Å²) in [5.41, 5.74) is 0. The predicted molar refractivity (Wildman–Crippen MR) is 118 cm³/mol. The molecule has 0 aliphatic heterocycles. The number of carbonyl (C=O) groups excluding carboxylic acids is 2. The van der Waals surface area contributed by atoms with Crippen LogP contribution in [0.2, 0.25) is 0 Å². The second-order valence-electron chi connectivity index (χ2n) is 8.01. The number of aromatic nitrogens is 2. The maximum Gasteiger partial charge on any atom is 0.286 e. The fourth-order valence-corrected chi connectivity index (χ4v) is 4.13. The van der Waals surface area contributed by atoms with E-state index in [-0.39, 0.29) is 41.8 Å². The smallest absolute Gasteiger partial charge is 0.286 e. The second kappa shape index (κ2) is 13.2. The third-order valence-corrected chi connectivity index (χ3v) is 5.97. The number of hydrogen-bond donors (Lipinski definition) is 1. The average Bonchev–Trinajstić information content (AvgIpc) is 3.15. The molecule has 1 heterocycles. The highest BCUT2D eigenvalue weighted by Gasteiger charge is 2.30. The lowest BCUT2D eigenvalue weighted by atomic mass is 9.88. The summed E-state index contributed by atoms with van der Waals surface area (Å²) in [4.78, 5) is 27.7. The molecule has 1 fully saturated rings. The normalized spacial score (nSPS) is 15.9. The molecule has 0 saturated heterocycles. The van der Waals surface area contributed by atoms with Gasteiger partial charge in [0.15, 0.2) is 0 Å². The van der Waals surface area contributed by atoms with Gasteiger partial charge in [-0.25, -0.2) is 0 Å². The van der Waals surface area contributed by atoms with Crippen LogP contribution in [0.5, 0.6) is 0 Å². The Balaban J connectivity index is 0.00000420. The topological polar surface area (TPSA) is 88.3 Å². The van der Waals surface area contributed by atoms with E-state index < -0.39 is 6.04 Å². The lowest BCUT2D eigenvalue weighted by molar-refractivity contribution is -0.126. The molecule has 0 aromatic carbocycles. The number of nitrogens with zero attached hydrogens (tertiary/aromatic N) is 3. The minimum atomic E-state index is -0.612. The molecule has 1 aliphatic carbocycles. The Bertz CT molecular complexity index is 635. The van der Waals surface area contributed by atoms with Gasteiger partial charge in [-0.05, 0) is 38.8 Å². The quantitative estimate of drug-likeness (QED) is 0.408. The highest BCUT2D eigenvalue weighted by Crippen LogP contribution is 2.24. The van der Waals surface area contributed by atoms with E-state index in [0.29, 0.717) is 11.6 Å². The first-order valence-corrected chi connectivity index (χ1v) is 11.4. The standard InChI is InChI=1S/C20H34N4O3S.ClH/c1-5-24(4)11-12-28-20-23-22-19(27-20)17(25)16(13-14(2)3)21-18(26)15-9-7-6-8-10-15;/h14-16H,5-13H2,1-4H3,(H,21,26);1H. The first-order valence-electron chi connectivity index (χ1n) is 10.4. The number of hydrogen-bond acceptors (Lipinski definition) is 7. The number of Topliss-reactive ketones (excluding diaryl/α,β-unsaturated/α-hetero) is 1. The molecule has 1 aliphatic rings. The summed E-state index contributed by atoms with van der Waals surface area (Å²) in [7, 11) is 2.05. The Morgan fingerprint density at radius 1 is 1.24 bits per heavy atom. The van der Waals surface area contributed by atoms with Crippen molar-refractivity contribution in [2.24, 2.45) is 11.8 Å². The van der Waals surface area contributed by atoms with Crippen molar-refractivity contribution in [3.63, 3.8) is 0 Å². The van der Waals surface area contributed by atoms with Crippen LogP contribution in [-0.4, -0.2) is 58.7 Å². The van der Waals surface area contributed by atoms with Crippen LogP contribution in [0.3, 0.4) is 0 Å². The molecule has 1 aromatic rings. The molecule has 1 amide bonds. The van der Waals surface area contributed by atoms with E-state index in [1.165, 1.54) is 18.2 Å². The molecule has 166 valence electrons. The molecule has 0 spiro atoms. The molecule has 2 rings (SSSR count). The van der Waals surface area contributed by atoms with Crippen LogP contribution < -0.4 is 5.32 Å². The zero-order valence-corrected chi connectivity index (χ0v) is 19.6. The molecule has 1 saturated carbocycles. The van der Waals surface area contributed by atoms with Crippen molar-refractivity contribution in [2.45, 2.75) is 70.6 Å². The highest BCUT2D eigenvalue weighted by molar-refractivity contribution is 7.99. The summed E-state index contributed by atoms with van der Waals surface area (Å²) < 4.78 is 5.57. The molecule has 0 radical (unpaired) electrons. The third kappa shape index (κ3) is 8.64. The average molecular weight is 447 g/mol. The number of amides is 1. The Labute approximate surface area is 184 Å². The van der Waals surface area contributed by atoms with E-state index in [4.69, 9.17) is 4.42 Å². The van der Waals surface area contributed by atoms with E-state index >= 15 is 0 Å². The molecule has 1 unspecified atom stereocenters. The van der Waals surface area contributed by atoms with Gasteiger partial charge in [0.05, 0.1) is 6.04 Å². The molecule has 1 atom stereocenters. The molecule has 9 heteroatoms. The first kappa shape index (κ1) is 25.9. The van der Waals surface area contributed by atoms with Crippen LogP contribution >= 0.6 is 24.2 Å². The Morgan fingerprint density at radius 3 is 2.55 bits per heavy atom. The zero-order chi connectivity index (χ0) is 20.5. The number of halogens is 1.